The molecule has 4 saturated carbocycles. The zero-order valence-corrected chi connectivity index (χ0v) is 17.8. The minimum atomic E-state index is -0.414. The maximum atomic E-state index is 10.1. The maximum Gasteiger partial charge on any atom is 0.174 e. The van der Waals surface area contributed by atoms with Crippen LogP contribution < -0.4 is 0 Å². The minimum absolute atomic E-state index is 0.0113. The third-order valence-electron chi connectivity index (χ3n) is 10.2. The normalized spacial score (nSPS) is 51.3. The molecule has 0 aromatic rings. The number of rotatable bonds is 0. The Labute approximate surface area is 173 Å². The molecule has 6 fully saturated rings. The number of oxime groups is 1. The molecule has 1 N–H and O–H groups in total. The second-order valence-electron chi connectivity index (χ2n) is 11.0. The van der Waals surface area contributed by atoms with Crippen molar-refractivity contribution in [3.05, 3.63) is 0 Å². The van der Waals surface area contributed by atoms with Gasteiger partial charge in [-0.1, -0.05) is 19.0 Å². The SMILES string of the molecule is C[C@]12CCC3(CC1C/C(=N\O)[C@@H]1[C@@H]2CC[C@@]2(C)[C@H]1CCC21OCCO1)OCCO3. The predicted octanol–water partition coefficient (Wildman–Crippen LogP) is 3.96. The Hall–Kier alpha value is -0.690. The Morgan fingerprint density at radius 1 is 0.862 bits per heavy atom. The van der Waals surface area contributed by atoms with Crippen LogP contribution in [0, 0.1) is 34.5 Å². The molecule has 6 aliphatic rings. The molecule has 4 aliphatic carbocycles. The number of ether oxygens (including phenoxy) is 4. The van der Waals surface area contributed by atoms with Crippen LogP contribution in [0.25, 0.3) is 0 Å². The van der Waals surface area contributed by atoms with Crippen molar-refractivity contribution in [1.29, 1.82) is 0 Å². The van der Waals surface area contributed by atoms with Crippen molar-refractivity contribution in [3.63, 3.8) is 0 Å². The van der Waals surface area contributed by atoms with Crippen LogP contribution in [0.1, 0.15) is 65.2 Å². The third kappa shape index (κ3) is 2.35. The highest BCUT2D eigenvalue weighted by Crippen LogP contribution is 2.69. The molecular weight excluding hydrogens is 370 g/mol. The van der Waals surface area contributed by atoms with Gasteiger partial charge in [-0.3, -0.25) is 0 Å². The molecule has 29 heavy (non-hydrogen) atoms. The summed E-state index contributed by atoms with van der Waals surface area (Å²) < 4.78 is 24.7. The summed E-state index contributed by atoms with van der Waals surface area (Å²) in [6, 6.07) is 0. The first-order chi connectivity index (χ1) is 14.0. The van der Waals surface area contributed by atoms with Crippen molar-refractivity contribution in [2.45, 2.75) is 76.8 Å². The van der Waals surface area contributed by atoms with Crippen LogP contribution in [-0.4, -0.2) is 48.9 Å². The fraction of sp³-hybridized carbons (Fsp3) is 0.957. The molecule has 6 atom stereocenters. The van der Waals surface area contributed by atoms with Gasteiger partial charge in [0.15, 0.2) is 11.6 Å². The van der Waals surface area contributed by atoms with Gasteiger partial charge >= 0.3 is 0 Å². The van der Waals surface area contributed by atoms with Crippen molar-refractivity contribution in [1.82, 2.24) is 0 Å². The Morgan fingerprint density at radius 3 is 2.28 bits per heavy atom. The van der Waals surface area contributed by atoms with E-state index in [-0.39, 0.29) is 16.6 Å². The molecule has 0 amide bonds. The van der Waals surface area contributed by atoms with Gasteiger partial charge < -0.3 is 24.2 Å². The lowest BCUT2D eigenvalue weighted by atomic mass is 9.44. The molecule has 0 aromatic carbocycles. The van der Waals surface area contributed by atoms with E-state index in [1.165, 1.54) is 0 Å². The highest BCUT2D eigenvalue weighted by atomic mass is 16.7. The quantitative estimate of drug-likeness (QED) is 0.488. The Morgan fingerprint density at radius 2 is 1.55 bits per heavy atom. The van der Waals surface area contributed by atoms with Gasteiger partial charge in [0, 0.05) is 30.6 Å². The van der Waals surface area contributed by atoms with Crippen molar-refractivity contribution < 1.29 is 24.2 Å². The van der Waals surface area contributed by atoms with Crippen LogP contribution in [0.2, 0.25) is 0 Å². The van der Waals surface area contributed by atoms with Crippen LogP contribution >= 0.6 is 0 Å². The standard InChI is InChI=1S/C23H35NO5/c1-20-7-8-22(26-9-10-27-22)14-15(20)13-18(24-25)19-16(20)3-5-21(2)17(19)4-6-23(21)28-11-12-29-23/h15-17,19,25H,3-14H2,1-2H3/b24-18+/t15?,16-,17-,19+,20-,21-/m0/s1. The monoisotopic (exact) mass is 405 g/mol. The topological polar surface area (TPSA) is 69.5 Å². The summed E-state index contributed by atoms with van der Waals surface area (Å²) in [4.78, 5) is 0. The van der Waals surface area contributed by atoms with Crippen LogP contribution in [-0.2, 0) is 18.9 Å². The van der Waals surface area contributed by atoms with Crippen molar-refractivity contribution in [2.75, 3.05) is 26.4 Å². The fourth-order valence-electron chi connectivity index (χ4n) is 8.66. The molecule has 6 heteroatoms. The maximum absolute atomic E-state index is 10.1. The van der Waals surface area contributed by atoms with E-state index in [1.807, 2.05) is 0 Å². The average molecular weight is 406 g/mol. The van der Waals surface area contributed by atoms with Gasteiger partial charge in [-0.2, -0.15) is 0 Å². The molecule has 6 rings (SSSR count). The van der Waals surface area contributed by atoms with Crippen molar-refractivity contribution >= 4 is 5.71 Å². The summed E-state index contributed by atoms with van der Waals surface area (Å²) in [5, 5.41) is 14.0. The third-order valence-corrected chi connectivity index (χ3v) is 10.2. The highest BCUT2D eigenvalue weighted by molar-refractivity contribution is 5.88. The summed E-state index contributed by atoms with van der Waals surface area (Å²) in [5.41, 5.74) is 1.28. The van der Waals surface area contributed by atoms with E-state index in [9.17, 15) is 5.21 Å². The molecule has 6 nitrogen and oxygen atoms in total. The molecule has 2 heterocycles. The Kier molecular flexibility index (Phi) is 4.06. The highest BCUT2D eigenvalue weighted by Gasteiger charge is 2.69. The van der Waals surface area contributed by atoms with Gasteiger partial charge in [-0.25, -0.2) is 0 Å². The van der Waals surface area contributed by atoms with E-state index >= 15 is 0 Å². The fourth-order valence-corrected chi connectivity index (χ4v) is 8.66. The van der Waals surface area contributed by atoms with Gasteiger partial charge in [0.25, 0.3) is 0 Å². The summed E-state index contributed by atoms with van der Waals surface area (Å²) in [7, 11) is 0. The Bertz CT molecular complexity index is 712. The van der Waals surface area contributed by atoms with Crippen LogP contribution in [0.15, 0.2) is 5.16 Å². The number of hydrogen-bond donors (Lipinski definition) is 1. The molecule has 2 saturated heterocycles. The molecule has 0 bridgehead atoms. The zero-order chi connectivity index (χ0) is 19.9. The minimum Gasteiger partial charge on any atom is -0.411 e. The number of fused-ring (bicyclic) bond motifs is 6. The van der Waals surface area contributed by atoms with Gasteiger partial charge in [0.05, 0.1) is 32.1 Å². The van der Waals surface area contributed by atoms with E-state index in [2.05, 4.69) is 19.0 Å². The second-order valence-corrected chi connectivity index (χ2v) is 11.0. The van der Waals surface area contributed by atoms with E-state index in [0.29, 0.717) is 50.1 Å². The van der Waals surface area contributed by atoms with Gasteiger partial charge in [0.2, 0.25) is 0 Å². The number of nitrogens with zero attached hydrogens (tertiary/aromatic N) is 1. The smallest absolute Gasteiger partial charge is 0.174 e. The molecule has 0 radical (unpaired) electrons. The van der Waals surface area contributed by atoms with Crippen LogP contribution in [0.5, 0.6) is 0 Å². The molecule has 2 aliphatic heterocycles. The van der Waals surface area contributed by atoms with E-state index in [0.717, 1.165) is 57.1 Å². The summed E-state index contributed by atoms with van der Waals surface area (Å²) in [6.45, 7) is 7.71. The van der Waals surface area contributed by atoms with Crippen LogP contribution in [0.3, 0.4) is 0 Å². The Balaban J connectivity index is 1.35. The zero-order valence-electron chi connectivity index (χ0n) is 17.8. The van der Waals surface area contributed by atoms with E-state index in [1.54, 1.807) is 0 Å². The van der Waals surface area contributed by atoms with Gasteiger partial charge in [-0.15, -0.1) is 0 Å². The van der Waals surface area contributed by atoms with E-state index in [4.69, 9.17) is 18.9 Å². The summed E-state index contributed by atoms with van der Waals surface area (Å²) in [6.07, 6.45) is 8.30. The molecule has 1 unspecified atom stereocenters. The molecule has 0 aromatic heterocycles. The lowest BCUT2D eigenvalue weighted by molar-refractivity contribution is -0.248. The lowest BCUT2D eigenvalue weighted by Gasteiger charge is -2.62. The largest absolute Gasteiger partial charge is 0.411 e. The first kappa shape index (κ1) is 19.0. The summed E-state index contributed by atoms with van der Waals surface area (Å²) in [5.74, 6) is 1.03. The first-order valence-corrected chi connectivity index (χ1v) is 11.7. The lowest BCUT2D eigenvalue weighted by Crippen LogP contribution is -2.60. The van der Waals surface area contributed by atoms with Crippen molar-refractivity contribution in [3.8, 4) is 0 Å². The predicted molar refractivity (Wildman–Crippen MR) is 106 cm³/mol. The van der Waals surface area contributed by atoms with Crippen molar-refractivity contribution in [2.24, 2.45) is 39.7 Å². The van der Waals surface area contributed by atoms with Crippen LogP contribution in [0.4, 0.5) is 0 Å². The number of hydrogen-bond acceptors (Lipinski definition) is 6. The van der Waals surface area contributed by atoms with Gasteiger partial charge in [0.1, 0.15) is 0 Å². The molecule has 162 valence electrons. The molecular formula is C23H35NO5. The molecule has 2 spiro atoms. The first-order valence-electron chi connectivity index (χ1n) is 11.7. The van der Waals surface area contributed by atoms with Gasteiger partial charge in [-0.05, 0) is 55.3 Å². The second kappa shape index (κ2) is 6.18. The summed E-state index contributed by atoms with van der Waals surface area (Å²) >= 11 is 0. The average Bonchev–Trinajstić information content (AvgIpc) is 3.44. The van der Waals surface area contributed by atoms with E-state index < -0.39 is 5.79 Å².